The van der Waals surface area contributed by atoms with E-state index in [0.717, 1.165) is 16.7 Å². The number of hydrogen-bond donors (Lipinski definition) is 3. The van der Waals surface area contributed by atoms with Gasteiger partial charge in [-0.25, -0.2) is 4.72 Å². The first-order chi connectivity index (χ1) is 10.6. The Labute approximate surface area is 144 Å². The second kappa shape index (κ2) is 6.72. The Morgan fingerprint density at radius 2 is 1.46 bits per heavy atom. The quantitative estimate of drug-likeness (QED) is 0.719. The normalized spacial score (nSPS) is 13.0. The van der Waals surface area contributed by atoms with Gasteiger partial charge in [0.1, 0.15) is 5.75 Å². The zero-order valence-electron chi connectivity index (χ0n) is 15.1. The molecule has 0 saturated carbocycles. The van der Waals surface area contributed by atoms with Crippen LogP contribution >= 0.6 is 0 Å². The first-order valence-corrected chi connectivity index (χ1v) is 9.20. The van der Waals surface area contributed by atoms with Crippen LogP contribution < -0.4 is 4.72 Å². The maximum absolute atomic E-state index is 11.6. The molecule has 1 rings (SSSR count). The van der Waals surface area contributed by atoms with Crippen molar-refractivity contribution in [2.24, 2.45) is 0 Å². The molecule has 0 aliphatic rings. The zero-order valence-corrected chi connectivity index (χ0v) is 15.9. The second-order valence-corrected chi connectivity index (χ2v) is 9.19. The molecule has 0 saturated heterocycles. The number of nitrogens with one attached hydrogen (secondary N) is 1. The number of aryl methyl sites for hydroxylation is 1. The summed E-state index contributed by atoms with van der Waals surface area (Å²) in [4.78, 5) is 11.6. The van der Waals surface area contributed by atoms with Crippen LogP contribution in [0, 0.1) is 0 Å². The molecule has 0 aliphatic carbocycles. The molecular formula is C17H27NO5S. The van der Waals surface area contributed by atoms with E-state index in [9.17, 15) is 18.3 Å². The van der Waals surface area contributed by atoms with Gasteiger partial charge in [-0.1, -0.05) is 53.7 Å². The van der Waals surface area contributed by atoms with E-state index in [-0.39, 0.29) is 23.0 Å². The minimum Gasteiger partial charge on any atom is -0.507 e. The van der Waals surface area contributed by atoms with Crippen molar-refractivity contribution in [3.05, 3.63) is 28.8 Å². The average Bonchev–Trinajstić information content (AvgIpc) is 2.32. The molecule has 1 amide bonds. The van der Waals surface area contributed by atoms with Crippen molar-refractivity contribution in [1.82, 2.24) is 4.72 Å². The van der Waals surface area contributed by atoms with Crippen molar-refractivity contribution in [3.63, 3.8) is 0 Å². The molecule has 0 radical (unpaired) electrons. The number of aromatic hydroxyl groups is 1. The molecule has 0 spiro atoms. The molecule has 24 heavy (non-hydrogen) atoms. The van der Waals surface area contributed by atoms with Crippen molar-refractivity contribution in [2.45, 2.75) is 65.2 Å². The smallest absolute Gasteiger partial charge is 0.359 e. The number of phenolic OH excluding ortho intramolecular Hbond substituents is 1. The average molecular weight is 357 g/mol. The van der Waals surface area contributed by atoms with Crippen LogP contribution in [0.2, 0.25) is 0 Å². The van der Waals surface area contributed by atoms with Crippen LogP contribution in [0.4, 0.5) is 0 Å². The number of rotatable bonds is 4. The fourth-order valence-corrected chi connectivity index (χ4v) is 2.82. The van der Waals surface area contributed by atoms with Gasteiger partial charge >= 0.3 is 10.3 Å². The molecule has 1 aromatic carbocycles. The van der Waals surface area contributed by atoms with Crippen molar-refractivity contribution in [2.75, 3.05) is 0 Å². The maximum atomic E-state index is 11.6. The molecule has 136 valence electrons. The number of carbonyl (C=O) groups excluding carboxylic acids is 1. The van der Waals surface area contributed by atoms with E-state index in [1.165, 1.54) is 4.72 Å². The van der Waals surface area contributed by atoms with E-state index in [2.05, 4.69) is 0 Å². The second-order valence-electron chi connectivity index (χ2n) is 8.04. The Balaban J connectivity index is 3.18. The fourth-order valence-electron chi connectivity index (χ4n) is 2.43. The van der Waals surface area contributed by atoms with Crippen LogP contribution in [0.5, 0.6) is 5.75 Å². The molecule has 0 heterocycles. The van der Waals surface area contributed by atoms with Gasteiger partial charge in [0.25, 0.3) is 0 Å². The number of amides is 1. The zero-order chi connectivity index (χ0) is 18.9. The Bertz CT molecular complexity index is 689. The van der Waals surface area contributed by atoms with Crippen LogP contribution in [-0.2, 0) is 32.3 Å². The van der Waals surface area contributed by atoms with Crippen molar-refractivity contribution >= 4 is 16.2 Å². The molecule has 0 bridgehead atoms. The van der Waals surface area contributed by atoms with Gasteiger partial charge in [-0.3, -0.25) is 9.35 Å². The van der Waals surface area contributed by atoms with E-state index in [1.54, 1.807) is 0 Å². The van der Waals surface area contributed by atoms with E-state index in [0.29, 0.717) is 6.42 Å². The summed E-state index contributed by atoms with van der Waals surface area (Å²) in [5.41, 5.74) is 1.82. The number of benzene rings is 1. The molecule has 0 atom stereocenters. The Kier molecular flexibility index (Phi) is 5.73. The summed E-state index contributed by atoms with van der Waals surface area (Å²) in [7, 11) is -4.54. The van der Waals surface area contributed by atoms with Crippen LogP contribution in [0.1, 0.15) is 64.7 Å². The SMILES string of the molecule is CC(C)(C)c1cc(CCC(=O)NS(=O)(=O)O)cc(C(C)(C)C)c1O. The highest BCUT2D eigenvalue weighted by molar-refractivity contribution is 7.84. The van der Waals surface area contributed by atoms with Gasteiger partial charge in [0, 0.05) is 6.42 Å². The van der Waals surface area contributed by atoms with Crippen LogP contribution in [0.25, 0.3) is 0 Å². The monoisotopic (exact) mass is 357 g/mol. The van der Waals surface area contributed by atoms with Gasteiger partial charge in [-0.15, -0.1) is 0 Å². The first kappa shape index (κ1) is 20.4. The molecule has 1 aromatic rings. The lowest BCUT2D eigenvalue weighted by atomic mass is 9.78. The molecule has 0 unspecified atom stereocenters. The summed E-state index contributed by atoms with van der Waals surface area (Å²) in [5.74, 6) is -0.527. The van der Waals surface area contributed by atoms with Gasteiger partial charge in [0.05, 0.1) is 0 Å². The van der Waals surface area contributed by atoms with Crippen LogP contribution in [-0.4, -0.2) is 24.0 Å². The predicted octanol–water partition coefficient (Wildman–Crippen LogP) is 2.84. The minimum atomic E-state index is -4.54. The van der Waals surface area contributed by atoms with Gasteiger partial charge < -0.3 is 5.11 Å². The maximum Gasteiger partial charge on any atom is 0.359 e. The van der Waals surface area contributed by atoms with Crippen molar-refractivity contribution < 1.29 is 22.9 Å². The lowest BCUT2D eigenvalue weighted by molar-refractivity contribution is -0.119. The third-order valence-electron chi connectivity index (χ3n) is 3.67. The molecule has 0 aliphatic heterocycles. The number of phenols is 1. The highest BCUT2D eigenvalue weighted by Gasteiger charge is 2.26. The van der Waals surface area contributed by atoms with Gasteiger partial charge in [0.15, 0.2) is 0 Å². The van der Waals surface area contributed by atoms with Crippen LogP contribution in [0.15, 0.2) is 12.1 Å². The summed E-state index contributed by atoms with van der Waals surface area (Å²) < 4.78 is 31.5. The highest BCUT2D eigenvalue weighted by atomic mass is 32.2. The Hall–Kier alpha value is -1.60. The first-order valence-electron chi connectivity index (χ1n) is 7.76. The van der Waals surface area contributed by atoms with E-state index < -0.39 is 16.2 Å². The molecule has 3 N–H and O–H groups in total. The summed E-state index contributed by atoms with van der Waals surface area (Å²) in [6.45, 7) is 11.9. The highest BCUT2D eigenvalue weighted by Crippen LogP contribution is 2.39. The largest absolute Gasteiger partial charge is 0.507 e. The topological polar surface area (TPSA) is 104 Å². The summed E-state index contributed by atoms with van der Waals surface area (Å²) >= 11 is 0. The van der Waals surface area contributed by atoms with Gasteiger partial charge in [-0.2, -0.15) is 8.42 Å². The molecular weight excluding hydrogens is 330 g/mol. The van der Waals surface area contributed by atoms with E-state index in [1.807, 2.05) is 53.7 Å². The third kappa shape index (κ3) is 5.79. The van der Waals surface area contributed by atoms with Gasteiger partial charge in [-0.05, 0) is 33.9 Å². The fraction of sp³-hybridized carbons (Fsp3) is 0.588. The van der Waals surface area contributed by atoms with E-state index in [4.69, 9.17) is 4.55 Å². The minimum absolute atomic E-state index is 0.0856. The lowest BCUT2D eigenvalue weighted by Gasteiger charge is -2.28. The molecule has 0 fully saturated rings. The van der Waals surface area contributed by atoms with Crippen LogP contribution in [0.3, 0.4) is 0 Å². The molecule has 6 nitrogen and oxygen atoms in total. The van der Waals surface area contributed by atoms with Crippen molar-refractivity contribution in [3.8, 4) is 5.75 Å². The number of hydrogen-bond acceptors (Lipinski definition) is 4. The number of carbonyl (C=O) groups is 1. The van der Waals surface area contributed by atoms with Crippen molar-refractivity contribution in [1.29, 1.82) is 0 Å². The summed E-state index contributed by atoms with van der Waals surface area (Å²) in [6, 6.07) is 3.68. The van der Waals surface area contributed by atoms with Gasteiger partial charge in [0.2, 0.25) is 5.91 Å². The molecule has 0 aromatic heterocycles. The van der Waals surface area contributed by atoms with E-state index >= 15 is 0 Å². The lowest BCUT2D eigenvalue weighted by Crippen LogP contribution is -2.29. The third-order valence-corrected chi connectivity index (χ3v) is 4.15. The predicted molar refractivity (Wildman–Crippen MR) is 93.5 cm³/mol. The summed E-state index contributed by atoms with van der Waals surface area (Å²) in [6.07, 6.45) is 0.214. The Morgan fingerprint density at radius 1 is 1.04 bits per heavy atom. The standard InChI is InChI=1S/C17H27NO5S/c1-16(2,3)12-9-11(7-8-14(19)18-24(21,22)23)10-13(15(12)20)17(4,5)6/h9-10,20H,7-8H2,1-6H3,(H,18,19)(H,21,22,23). The summed E-state index contributed by atoms with van der Waals surface area (Å²) in [5, 5.41) is 10.6. The Morgan fingerprint density at radius 3 is 1.79 bits per heavy atom. The molecule has 7 heteroatoms.